The van der Waals surface area contributed by atoms with Crippen LogP contribution in [0, 0.1) is 12.8 Å². The zero-order valence-corrected chi connectivity index (χ0v) is 8.53. The van der Waals surface area contributed by atoms with Crippen LogP contribution in [0.15, 0.2) is 5.38 Å². The molecule has 0 saturated heterocycles. The van der Waals surface area contributed by atoms with Crippen LogP contribution < -0.4 is 5.73 Å². The van der Waals surface area contributed by atoms with Gasteiger partial charge in [0.2, 0.25) is 0 Å². The van der Waals surface area contributed by atoms with E-state index in [0.717, 1.165) is 24.4 Å². The van der Waals surface area contributed by atoms with Crippen LogP contribution in [-0.2, 0) is 6.42 Å². The van der Waals surface area contributed by atoms with Gasteiger partial charge >= 0.3 is 0 Å². The summed E-state index contributed by atoms with van der Waals surface area (Å²) in [6, 6.07) is 0. The summed E-state index contributed by atoms with van der Waals surface area (Å²) in [4.78, 5) is 4.41. The van der Waals surface area contributed by atoms with Crippen LogP contribution in [0.2, 0.25) is 0 Å². The number of aryl methyl sites for hydroxylation is 1. The van der Waals surface area contributed by atoms with Crippen LogP contribution in [0.25, 0.3) is 0 Å². The summed E-state index contributed by atoms with van der Waals surface area (Å²) in [6.45, 7) is 5.05. The van der Waals surface area contributed by atoms with Crippen molar-refractivity contribution < 1.29 is 0 Å². The standard InChI is InChI=1S/C9H16N2S/c1-7(3-4-10)5-9-6-12-8(2)11-9/h6-7H,3-5,10H2,1-2H3. The molecular weight excluding hydrogens is 168 g/mol. The lowest BCUT2D eigenvalue weighted by Gasteiger charge is -2.06. The summed E-state index contributed by atoms with van der Waals surface area (Å²) in [7, 11) is 0. The molecule has 1 unspecified atom stereocenters. The van der Waals surface area contributed by atoms with Gasteiger partial charge in [-0.25, -0.2) is 4.98 Å². The Morgan fingerprint density at radius 2 is 2.42 bits per heavy atom. The van der Waals surface area contributed by atoms with Crippen molar-refractivity contribution in [1.29, 1.82) is 0 Å². The largest absolute Gasteiger partial charge is 0.330 e. The molecule has 3 heteroatoms. The topological polar surface area (TPSA) is 38.9 Å². The van der Waals surface area contributed by atoms with Gasteiger partial charge in [0.05, 0.1) is 10.7 Å². The highest BCUT2D eigenvalue weighted by atomic mass is 32.1. The van der Waals surface area contributed by atoms with Crippen LogP contribution in [0.3, 0.4) is 0 Å². The summed E-state index contributed by atoms with van der Waals surface area (Å²) in [5.41, 5.74) is 6.69. The zero-order valence-electron chi connectivity index (χ0n) is 7.71. The maximum Gasteiger partial charge on any atom is 0.0897 e. The van der Waals surface area contributed by atoms with Crippen LogP contribution in [0.1, 0.15) is 24.0 Å². The third-order valence-electron chi connectivity index (χ3n) is 1.88. The van der Waals surface area contributed by atoms with E-state index in [0.29, 0.717) is 5.92 Å². The van der Waals surface area contributed by atoms with E-state index in [9.17, 15) is 0 Å². The van der Waals surface area contributed by atoms with E-state index in [-0.39, 0.29) is 0 Å². The number of nitrogens with zero attached hydrogens (tertiary/aromatic N) is 1. The molecule has 1 atom stereocenters. The third kappa shape index (κ3) is 2.91. The van der Waals surface area contributed by atoms with E-state index in [2.05, 4.69) is 17.3 Å². The molecule has 0 spiro atoms. The molecule has 1 aromatic rings. The van der Waals surface area contributed by atoms with Crippen molar-refractivity contribution >= 4 is 11.3 Å². The predicted molar refractivity (Wildman–Crippen MR) is 53.4 cm³/mol. The average Bonchev–Trinajstić information content (AvgIpc) is 2.36. The van der Waals surface area contributed by atoms with Crippen molar-refractivity contribution in [1.82, 2.24) is 4.98 Å². The van der Waals surface area contributed by atoms with Gasteiger partial charge < -0.3 is 5.73 Å². The molecule has 0 radical (unpaired) electrons. The smallest absolute Gasteiger partial charge is 0.0897 e. The number of nitrogens with two attached hydrogens (primary N) is 1. The predicted octanol–water partition coefficient (Wildman–Crippen LogP) is 1.98. The van der Waals surface area contributed by atoms with Crippen molar-refractivity contribution in [3.63, 3.8) is 0 Å². The van der Waals surface area contributed by atoms with Gasteiger partial charge in [0, 0.05) is 5.38 Å². The summed E-state index contributed by atoms with van der Waals surface area (Å²) in [6.07, 6.45) is 2.16. The van der Waals surface area contributed by atoms with Crippen LogP contribution in [0.5, 0.6) is 0 Å². The number of thiazole rings is 1. The van der Waals surface area contributed by atoms with Gasteiger partial charge in [-0.15, -0.1) is 11.3 Å². The van der Waals surface area contributed by atoms with E-state index in [4.69, 9.17) is 5.73 Å². The molecule has 68 valence electrons. The summed E-state index contributed by atoms with van der Waals surface area (Å²) in [5.74, 6) is 0.663. The Kier molecular flexibility index (Phi) is 3.69. The molecule has 1 heterocycles. The maximum absolute atomic E-state index is 5.47. The third-order valence-corrected chi connectivity index (χ3v) is 2.71. The Labute approximate surface area is 77.8 Å². The number of hydrogen-bond acceptors (Lipinski definition) is 3. The van der Waals surface area contributed by atoms with Crippen molar-refractivity contribution in [3.05, 3.63) is 16.1 Å². The lowest BCUT2D eigenvalue weighted by atomic mass is 10.0. The van der Waals surface area contributed by atoms with E-state index in [1.165, 1.54) is 5.69 Å². The molecule has 0 saturated carbocycles. The molecule has 1 aromatic heterocycles. The Hall–Kier alpha value is -0.410. The van der Waals surface area contributed by atoms with Crippen molar-refractivity contribution in [2.45, 2.75) is 26.7 Å². The minimum Gasteiger partial charge on any atom is -0.330 e. The first-order chi connectivity index (χ1) is 5.72. The molecule has 0 aromatic carbocycles. The van der Waals surface area contributed by atoms with Crippen LogP contribution >= 0.6 is 11.3 Å². The molecule has 2 N–H and O–H groups in total. The summed E-state index contributed by atoms with van der Waals surface area (Å²) < 4.78 is 0. The van der Waals surface area contributed by atoms with Crippen LogP contribution in [-0.4, -0.2) is 11.5 Å². The van der Waals surface area contributed by atoms with E-state index < -0.39 is 0 Å². The Morgan fingerprint density at radius 1 is 1.67 bits per heavy atom. The SMILES string of the molecule is Cc1nc(CC(C)CCN)cs1. The molecule has 0 fully saturated rings. The lowest BCUT2D eigenvalue weighted by Crippen LogP contribution is -2.08. The second kappa shape index (κ2) is 4.58. The molecule has 0 aliphatic heterocycles. The fraction of sp³-hybridized carbons (Fsp3) is 0.667. The van der Waals surface area contributed by atoms with Crippen molar-refractivity contribution in [2.24, 2.45) is 11.7 Å². The van der Waals surface area contributed by atoms with Crippen LogP contribution in [0.4, 0.5) is 0 Å². The zero-order chi connectivity index (χ0) is 8.97. The Morgan fingerprint density at radius 3 is 2.92 bits per heavy atom. The van der Waals surface area contributed by atoms with Gasteiger partial charge in [0.1, 0.15) is 0 Å². The minimum absolute atomic E-state index is 0.663. The fourth-order valence-corrected chi connectivity index (χ4v) is 1.87. The highest BCUT2D eigenvalue weighted by Gasteiger charge is 2.04. The summed E-state index contributed by atoms with van der Waals surface area (Å²) >= 11 is 1.72. The Bertz CT molecular complexity index is 232. The molecular formula is C9H16N2S. The molecule has 0 aliphatic carbocycles. The van der Waals surface area contributed by atoms with E-state index >= 15 is 0 Å². The molecule has 0 aliphatic rings. The van der Waals surface area contributed by atoms with Gasteiger partial charge in [0.15, 0.2) is 0 Å². The second-order valence-electron chi connectivity index (χ2n) is 3.24. The first-order valence-electron chi connectivity index (χ1n) is 4.33. The highest BCUT2D eigenvalue weighted by molar-refractivity contribution is 7.09. The number of rotatable bonds is 4. The average molecular weight is 184 g/mol. The molecule has 1 rings (SSSR count). The maximum atomic E-state index is 5.47. The first kappa shape index (κ1) is 9.68. The summed E-state index contributed by atoms with van der Waals surface area (Å²) in [5, 5.41) is 3.30. The quantitative estimate of drug-likeness (QED) is 0.777. The van der Waals surface area contributed by atoms with E-state index in [1.807, 2.05) is 6.92 Å². The van der Waals surface area contributed by atoms with E-state index in [1.54, 1.807) is 11.3 Å². The monoisotopic (exact) mass is 184 g/mol. The number of hydrogen-bond donors (Lipinski definition) is 1. The second-order valence-corrected chi connectivity index (χ2v) is 4.31. The molecule has 0 amide bonds. The van der Waals surface area contributed by atoms with Gasteiger partial charge in [0.25, 0.3) is 0 Å². The molecule has 12 heavy (non-hydrogen) atoms. The number of aromatic nitrogens is 1. The lowest BCUT2D eigenvalue weighted by molar-refractivity contribution is 0.533. The van der Waals surface area contributed by atoms with Gasteiger partial charge in [-0.3, -0.25) is 0 Å². The normalized spacial score (nSPS) is 13.2. The van der Waals surface area contributed by atoms with Gasteiger partial charge in [-0.05, 0) is 32.2 Å². The Balaban J connectivity index is 2.41. The van der Waals surface area contributed by atoms with Gasteiger partial charge in [-0.2, -0.15) is 0 Å². The minimum atomic E-state index is 0.663. The molecule has 0 bridgehead atoms. The van der Waals surface area contributed by atoms with Gasteiger partial charge in [-0.1, -0.05) is 6.92 Å². The molecule has 2 nitrogen and oxygen atoms in total. The highest BCUT2D eigenvalue weighted by Crippen LogP contribution is 2.13. The first-order valence-corrected chi connectivity index (χ1v) is 5.21. The fourth-order valence-electron chi connectivity index (χ4n) is 1.25. The van der Waals surface area contributed by atoms with Crippen molar-refractivity contribution in [2.75, 3.05) is 6.54 Å². The van der Waals surface area contributed by atoms with Crippen molar-refractivity contribution in [3.8, 4) is 0 Å².